The highest BCUT2D eigenvalue weighted by Crippen LogP contribution is 2.27. The first kappa shape index (κ1) is 20.5. The molecule has 0 amide bonds. The maximum absolute atomic E-state index is 12.7. The van der Waals surface area contributed by atoms with Gasteiger partial charge in [0.1, 0.15) is 0 Å². The molecule has 1 aliphatic heterocycles. The maximum Gasteiger partial charge on any atom is 0.522 e. The first-order chi connectivity index (χ1) is 15.3. The van der Waals surface area contributed by atoms with Gasteiger partial charge >= 0.3 is 6.36 Å². The van der Waals surface area contributed by atoms with Gasteiger partial charge in [0, 0.05) is 29.6 Å². The summed E-state index contributed by atoms with van der Waals surface area (Å²) < 4.78 is 43.1. The molecule has 1 N–H and O–H groups in total. The number of nitrogens with zero attached hydrogens (tertiary/aromatic N) is 4. The molecule has 166 valence electrons. The van der Waals surface area contributed by atoms with E-state index in [1.54, 1.807) is 29.8 Å². The van der Waals surface area contributed by atoms with Gasteiger partial charge < -0.3 is 9.88 Å². The Morgan fingerprint density at radius 1 is 1.12 bits per heavy atom. The first-order valence-corrected chi connectivity index (χ1v) is 10.3. The molecule has 4 heterocycles. The number of hydrogen-bond acceptors (Lipinski definition) is 5. The lowest BCUT2D eigenvalue weighted by Crippen LogP contribution is -2.39. The van der Waals surface area contributed by atoms with Crippen LogP contribution in [0.15, 0.2) is 47.4 Å². The number of pyridine rings is 2. The molecule has 1 fully saturated rings. The number of halogens is 3. The van der Waals surface area contributed by atoms with E-state index >= 15 is 0 Å². The molecule has 0 bridgehead atoms. The third-order valence-electron chi connectivity index (χ3n) is 5.79. The number of hydrogen-bond donors (Lipinski definition) is 1. The van der Waals surface area contributed by atoms with Gasteiger partial charge in [-0.25, -0.2) is 9.50 Å². The van der Waals surface area contributed by atoms with Gasteiger partial charge in [-0.1, -0.05) is 12.1 Å². The Balaban J connectivity index is 1.43. The summed E-state index contributed by atoms with van der Waals surface area (Å²) in [7, 11) is 0. The Labute approximate surface area is 180 Å². The summed E-state index contributed by atoms with van der Waals surface area (Å²) in [6.45, 7) is 2.64. The van der Waals surface area contributed by atoms with Gasteiger partial charge in [-0.3, -0.25) is 9.53 Å². The van der Waals surface area contributed by atoms with E-state index in [1.807, 2.05) is 29.2 Å². The van der Waals surface area contributed by atoms with Crippen molar-refractivity contribution in [2.45, 2.75) is 32.2 Å². The minimum atomic E-state index is -4.61. The molecule has 32 heavy (non-hydrogen) atoms. The average molecular weight is 443 g/mol. The molecule has 5 rings (SSSR count). The second-order valence-electron chi connectivity index (χ2n) is 7.88. The zero-order chi connectivity index (χ0) is 22.5. The standard InChI is InChI=1S/C22H20F3N5O2/c1-13-19(26-17-5-3-2-4-16(17)20(13)31)21-27-18-7-6-14(12-30(18)28-21)29-10-8-15(9-11-29)32-22(23,24)25/h2-7,12,15H,8-11H2,1H3,(H,26,31). The van der Waals surface area contributed by atoms with Gasteiger partial charge in [-0.05, 0) is 44.0 Å². The lowest BCUT2D eigenvalue weighted by molar-refractivity contribution is -0.344. The number of nitrogens with one attached hydrogen (secondary N) is 1. The molecule has 7 nitrogen and oxygen atoms in total. The fourth-order valence-electron chi connectivity index (χ4n) is 4.14. The van der Waals surface area contributed by atoms with Gasteiger partial charge in [-0.15, -0.1) is 18.3 Å². The summed E-state index contributed by atoms with van der Waals surface area (Å²) in [5.74, 6) is 0.403. The molecular weight excluding hydrogens is 423 g/mol. The molecule has 1 saturated heterocycles. The minimum Gasteiger partial charge on any atom is -0.370 e. The molecule has 0 aliphatic carbocycles. The van der Waals surface area contributed by atoms with Gasteiger partial charge in [0.15, 0.2) is 16.9 Å². The highest BCUT2D eigenvalue weighted by atomic mass is 19.4. The second-order valence-corrected chi connectivity index (χ2v) is 7.88. The molecule has 3 aromatic heterocycles. The molecular formula is C22H20F3N5O2. The highest BCUT2D eigenvalue weighted by Gasteiger charge is 2.35. The maximum atomic E-state index is 12.7. The molecule has 1 aromatic carbocycles. The lowest BCUT2D eigenvalue weighted by Gasteiger charge is -2.33. The summed E-state index contributed by atoms with van der Waals surface area (Å²) in [6.07, 6.45) is -3.05. The summed E-state index contributed by atoms with van der Waals surface area (Å²) in [6, 6.07) is 11.0. The van der Waals surface area contributed by atoms with E-state index in [0.717, 1.165) is 5.69 Å². The van der Waals surface area contributed by atoms with Crippen LogP contribution in [0.1, 0.15) is 18.4 Å². The predicted octanol–water partition coefficient (Wildman–Crippen LogP) is 4.05. The zero-order valence-electron chi connectivity index (χ0n) is 17.2. The van der Waals surface area contributed by atoms with Gasteiger partial charge in [-0.2, -0.15) is 0 Å². The topological polar surface area (TPSA) is 75.5 Å². The number of fused-ring (bicyclic) bond motifs is 2. The Morgan fingerprint density at radius 3 is 2.62 bits per heavy atom. The van der Waals surface area contributed by atoms with E-state index in [4.69, 9.17) is 0 Å². The van der Waals surface area contributed by atoms with Crippen LogP contribution in [0.25, 0.3) is 28.1 Å². The van der Waals surface area contributed by atoms with Crippen LogP contribution in [0, 0.1) is 6.92 Å². The van der Waals surface area contributed by atoms with Crippen molar-refractivity contribution >= 4 is 22.2 Å². The van der Waals surface area contributed by atoms with Crippen molar-refractivity contribution < 1.29 is 17.9 Å². The van der Waals surface area contributed by atoms with Crippen molar-refractivity contribution in [3.05, 3.63) is 58.4 Å². The van der Waals surface area contributed by atoms with E-state index in [0.29, 0.717) is 46.7 Å². The Kier molecular flexibility index (Phi) is 4.89. The average Bonchev–Trinajstić information content (AvgIpc) is 3.19. The minimum absolute atomic E-state index is 0.0714. The van der Waals surface area contributed by atoms with Crippen molar-refractivity contribution in [3.8, 4) is 11.5 Å². The molecule has 10 heteroatoms. The van der Waals surface area contributed by atoms with E-state index in [-0.39, 0.29) is 18.3 Å². The number of aromatic nitrogens is 4. The van der Waals surface area contributed by atoms with E-state index in [2.05, 4.69) is 19.8 Å². The number of benzene rings is 1. The van der Waals surface area contributed by atoms with Gasteiger partial charge in [0.25, 0.3) is 0 Å². The number of alkyl halides is 3. The van der Waals surface area contributed by atoms with Crippen molar-refractivity contribution in [2.24, 2.45) is 0 Å². The zero-order valence-corrected chi connectivity index (χ0v) is 17.2. The summed E-state index contributed by atoms with van der Waals surface area (Å²) >= 11 is 0. The Bertz CT molecular complexity index is 1350. The quantitative estimate of drug-likeness (QED) is 0.517. The van der Waals surface area contributed by atoms with E-state index in [1.165, 1.54) is 0 Å². The van der Waals surface area contributed by atoms with E-state index in [9.17, 15) is 18.0 Å². The summed E-state index contributed by atoms with van der Waals surface area (Å²) in [5, 5.41) is 5.15. The van der Waals surface area contributed by atoms with Crippen LogP contribution < -0.4 is 10.3 Å². The van der Waals surface area contributed by atoms with Crippen molar-refractivity contribution in [3.63, 3.8) is 0 Å². The molecule has 0 unspecified atom stereocenters. The second kappa shape index (κ2) is 7.63. The summed E-state index contributed by atoms with van der Waals surface area (Å²) in [5.41, 5.74) is 3.17. The van der Waals surface area contributed by atoms with Crippen LogP contribution in [-0.2, 0) is 4.74 Å². The van der Waals surface area contributed by atoms with Crippen LogP contribution >= 0.6 is 0 Å². The smallest absolute Gasteiger partial charge is 0.370 e. The van der Waals surface area contributed by atoms with E-state index < -0.39 is 12.5 Å². The van der Waals surface area contributed by atoms with Crippen molar-refractivity contribution in [2.75, 3.05) is 18.0 Å². The lowest BCUT2D eigenvalue weighted by atomic mass is 10.1. The van der Waals surface area contributed by atoms with Crippen LogP contribution in [-0.4, -0.2) is 45.1 Å². The number of piperidine rings is 1. The molecule has 0 radical (unpaired) electrons. The number of rotatable bonds is 3. The van der Waals surface area contributed by atoms with Crippen LogP contribution in [0.2, 0.25) is 0 Å². The van der Waals surface area contributed by atoms with Crippen LogP contribution in [0.4, 0.5) is 18.9 Å². The molecule has 4 aromatic rings. The number of para-hydroxylation sites is 1. The molecule has 0 saturated carbocycles. The third-order valence-corrected chi connectivity index (χ3v) is 5.79. The molecule has 0 spiro atoms. The van der Waals surface area contributed by atoms with Crippen molar-refractivity contribution in [1.29, 1.82) is 0 Å². The Morgan fingerprint density at radius 2 is 1.88 bits per heavy atom. The number of aromatic amines is 1. The highest BCUT2D eigenvalue weighted by molar-refractivity contribution is 5.82. The first-order valence-electron chi connectivity index (χ1n) is 10.3. The van der Waals surface area contributed by atoms with Crippen LogP contribution in [0.3, 0.4) is 0 Å². The van der Waals surface area contributed by atoms with Gasteiger partial charge in [0.05, 0.1) is 23.7 Å². The fraction of sp³-hybridized carbons (Fsp3) is 0.318. The predicted molar refractivity (Wildman–Crippen MR) is 114 cm³/mol. The van der Waals surface area contributed by atoms with Crippen molar-refractivity contribution in [1.82, 2.24) is 19.6 Å². The number of H-pyrrole nitrogens is 1. The normalized spacial score (nSPS) is 15.7. The number of anilines is 1. The Hall–Kier alpha value is -3.40. The number of ether oxygens (including phenoxy) is 1. The molecule has 0 atom stereocenters. The van der Waals surface area contributed by atoms with Gasteiger partial charge in [0.2, 0.25) is 0 Å². The largest absolute Gasteiger partial charge is 0.522 e. The SMILES string of the molecule is Cc1c(-c2nc3ccc(N4CCC(OC(F)(F)F)CC4)cn3n2)[nH]c2ccccc2c1=O. The van der Waals surface area contributed by atoms with Crippen LogP contribution in [0.5, 0.6) is 0 Å². The fourth-order valence-corrected chi connectivity index (χ4v) is 4.14. The summed E-state index contributed by atoms with van der Waals surface area (Å²) in [4.78, 5) is 22.6. The monoisotopic (exact) mass is 443 g/mol. The molecule has 1 aliphatic rings. The third kappa shape index (κ3) is 3.81.